The first kappa shape index (κ1) is 26.1. The molecule has 3 aromatic rings. The molecule has 37 heavy (non-hydrogen) atoms. The molecule has 1 aliphatic heterocycles. The maximum absolute atomic E-state index is 12.0. The van der Waals surface area contributed by atoms with Gasteiger partial charge in [-0.2, -0.15) is 0 Å². The number of nitrogens with one attached hydrogen (secondary N) is 2. The van der Waals surface area contributed by atoms with Crippen LogP contribution in [0.25, 0.3) is 0 Å². The zero-order valence-electron chi connectivity index (χ0n) is 21.2. The van der Waals surface area contributed by atoms with E-state index in [4.69, 9.17) is 4.74 Å². The molecular weight excluding hydrogens is 468 g/mol. The van der Waals surface area contributed by atoms with Crippen molar-refractivity contribution in [2.75, 3.05) is 32.8 Å². The number of aryl methyl sites for hydroxylation is 1. The highest BCUT2D eigenvalue weighted by Crippen LogP contribution is 2.24. The zero-order chi connectivity index (χ0) is 26.2. The van der Waals surface area contributed by atoms with Crippen LogP contribution >= 0.6 is 0 Å². The molecule has 8 nitrogen and oxygen atoms in total. The number of amides is 1. The SMILES string of the molecule is CC(=O)NCC(Cc1ccc(C#Cc2ccc(CN3CCOCC3)cc2)cc1)c1nc(C)[nH]c(=O)c1O. The average molecular weight is 501 g/mol. The van der Waals surface area contributed by atoms with E-state index in [-0.39, 0.29) is 24.1 Å². The second kappa shape index (κ2) is 12.3. The van der Waals surface area contributed by atoms with E-state index < -0.39 is 11.3 Å². The van der Waals surface area contributed by atoms with Crippen LogP contribution in [0.15, 0.2) is 53.3 Å². The fraction of sp³-hybridized carbons (Fsp3) is 0.345. The molecule has 0 radical (unpaired) electrons. The smallest absolute Gasteiger partial charge is 0.293 e. The first-order chi connectivity index (χ1) is 17.9. The van der Waals surface area contributed by atoms with Crippen molar-refractivity contribution in [1.29, 1.82) is 0 Å². The number of carbonyl (C=O) groups excluding carboxylic acids is 1. The predicted molar refractivity (Wildman–Crippen MR) is 141 cm³/mol. The lowest BCUT2D eigenvalue weighted by atomic mass is 9.94. The van der Waals surface area contributed by atoms with Crippen LogP contribution in [0, 0.1) is 18.8 Å². The van der Waals surface area contributed by atoms with Gasteiger partial charge in [-0.15, -0.1) is 0 Å². The molecule has 2 aromatic carbocycles. The van der Waals surface area contributed by atoms with Crippen LogP contribution in [0.2, 0.25) is 0 Å². The molecule has 0 aliphatic carbocycles. The van der Waals surface area contributed by atoms with Crippen molar-refractivity contribution in [3.8, 4) is 17.6 Å². The summed E-state index contributed by atoms with van der Waals surface area (Å²) >= 11 is 0. The topological polar surface area (TPSA) is 108 Å². The molecule has 2 heterocycles. The van der Waals surface area contributed by atoms with Crippen LogP contribution < -0.4 is 10.9 Å². The van der Waals surface area contributed by atoms with Crippen molar-refractivity contribution in [3.05, 3.63) is 92.7 Å². The van der Waals surface area contributed by atoms with Crippen LogP contribution in [0.4, 0.5) is 0 Å². The van der Waals surface area contributed by atoms with E-state index in [1.54, 1.807) is 6.92 Å². The fourth-order valence-electron chi connectivity index (χ4n) is 4.28. The summed E-state index contributed by atoms with van der Waals surface area (Å²) in [5, 5.41) is 13.1. The molecule has 3 N–H and O–H groups in total. The third-order valence-electron chi connectivity index (χ3n) is 6.28. The number of rotatable bonds is 7. The standard InChI is InChI=1S/C29H32N4O4/c1-20-31-27(28(35)29(36)32-20)26(18-30-21(2)34)17-24-9-5-22(6-10-24)3-4-23-7-11-25(12-8-23)19-33-13-15-37-16-14-33/h5-12,26,35H,13-19H2,1-2H3,(H,30,34)(H,31,32,36). The Hall–Kier alpha value is -3.93. The molecule has 1 amide bonds. The lowest BCUT2D eigenvalue weighted by molar-refractivity contribution is -0.119. The Morgan fingerprint density at radius 2 is 1.68 bits per heavy atom. The van der Waals surface area contributed by atoms with E-state index in [2.05, 4.69) is 44.2 Å². The molecule has 0 saturated carbocycles. The second-order valence-corrected chi connectivity index (χ2v) is 9.26. The summed E-state index contributed by atoms with van der Waals surface area (Å²) in [5.41, 5.74) is 3.77. The van der Waals surface area contributed by atoms with E-state index in [0.29, 0.717) is 12.2 Å². The van der Waals surface area contributed by atoms with Crippen molar-refractivity contribution in [1.82, 2.24) is 20.2 Å². The molecule has 1 atom stereocenters. The van der Waals surface area contributed by atoms with Gasteiger partial charge in [0.1, 0.15) is 5.82 Å². The number of benzene rings is 2. The predicted octanol–water partition coefficient (Wildman–Crippen LogP) is 2.48. The monoisotopic (exact) mass is 500 g/mol. The Morgan fingerprint density at radius 3 is 2.27 bits per heavy atom. The molecule has 0 bridgehead atoms. The number of carbonyl (C=O) groups is 1. The largest absolute Gasteiger partial charge is 0.502 e. The lowest BCUT2D eigenvalue weighted by Crippen LogP contribution is -2.35. The van der Waals surface area contributed by atoms with Gasteiger partial charge in [-0.25, -0.2) is 4.98 Å². The molecule has 1 saturated heterocycles. The number of H-pyrrole nitrogens is 1. The van der Waals surface area contributed by atoms with E-state index in [1.807, 2.05) is 36.4 Å². The molecule has 192 valence electrons. The van der Waals surface area contributed by atoms with Gasteiger partial charge in [-0.3, -0.25) is 14.5 Å². The highest BCUT2D eigenvalue weighted by atomic mass is 16.5. The van der Waals surface area contributed by atoms with Crippen LogP contribution in [0.1, 0.15) is 46.6 Å². The van der Waals surface area contributed by atoms with Gasteiger partial charge in [0.25, 0.3) is 5.56 Å². The number of hydrogen-bond acceptors (Lipinski definition) is 6. The molecule has 1 unspecified atom stereocenters. The summed E-state index contributed by atoms with van der Waals surface area (Å²) in [6.45, 7) is 7.78. The first-order valence-corrected chi connectivity index (χ1v) is 12.4. The summed E-state index contributed by atoms with van der Waals surface area (Å²) in [6, 6.07) is 16.2. The van der Waals surface area contributed by atoms with Gasteiger partial charge < -0.3 is 20.1 Å². The molecule has 4 rings (SSSR count). The van der Waals surface area contributed by atoms with Gasteiger partial charge in [0.2, 0.25) is 11.7 Å². The third-order valence-corrected chi connectivity index (χ3v) is 6.28. The maximum Gasteiger partial charge on any atom is 0.293 e. The highest BCUT2D eigenvalue weighted by Gasteiger charge is 2.21. The summed E-state index contributed by atoms with van der Waals surface area (Å²) in [7, 11) is 0. The summed E-state index contributed by atoms with van der Waals surface area (Å²) in [6.07, 6.45) is 0.488. The van der Waals surface area contributed by atoms with Crippen LogP contribution in [0.3, 0.4) is 0 Å². The van der Waals surface area contributed by atoms with Crippen molar-refractivity contribution in [2.45, 2.75) is 32.7 Å². The van der Waals surface area contributed by atoms with Gasteiger partial charge in [0.15, 0.2) is 0 Å². The minimum Gasteiger partial charge on any atom is -0.502 e. The van der Waals surface area contributed by atoms with Crippen LogP contribution in [0.5, 0.6) is 5.75 Å². The molecule has 8 heteroatoms. The van der Waals surface area contributed by atoms with Crippen molar-refractivity contribution in [2.24, 2.45) is 0 Å². The summed E-state index contributed by atoms with van der Waals surface area (Å²) in [5.74, 6) is 5.86. The number of aromatic nitrogens is 2. The summed E-state index contributed by atoms with van der Waals surface area (Å²) in [4.78, 5) is 32.8. The minimum atomic E-state index is -0.588. The number of hydrogen-bond donors (Lipinski definition) is 3. The fourth-order valence-corrected chi connectivity index (χ4v) is 4.28. The Kier molecular flexibility index (Phi) is 8.72. The quantitative estimate of drug-likeness (QED) is 0.431. The normalized spacial score (nSPS) is 14.4. The lowest BCUT2D eigenvalue weighted by Gasteiger charge is -2.26. The Balaban J connectivity index is 1.42. The van der Waals surface area contributed by atoms with E-state index in [9.17, 15) is 14.7 Å². The number of nitrogens with zero attached hydrogens (tertiary/aromatic N) is 2. The molecule has 1 aliphatic rings. The number of morpholine rings is 1. The molecule has 0 spiro atoms. The molecule has 1 aromatic heterocycles. The van der Waals surface area contributed by atoms with Gasteiger partial charge in [0.05, 0.1) is 18.9 Å². The van der Waals surface area contributed by atoms with Gasteiger partial charge >= 0.3 is 0 Å². The van der Waals surface area contributed by atoms with Crippen molar-refractivity contribution < 1.29 is 14.6 Å². The minimum absolute atomic E-state index is 0.189. The van der Waals surface area contributed by atoms with Crippen LogP contribution in [-0.2, 0) is 22.5 Å². The van der Waals surface area contributed by atoms with Crippen molar-refractivity contribution >= 4 is 5.91 Å². The average Bonchev–Trinajstić information content (AvgIpc) is 2.89. The highest BCUT2D eigenvalue weighted by molar-refractivity contribution is 5.72. The second-order valence-electron chi connectivity index (χ2n) is 9.26. The van der Waals surface area contributed by atoms with Gasteiger partial charge in [-0.1, -0.05) is 36.1 Å². The Morgan fingerprint density at radius 1 is 1.08 bits per heavy atom. The van der Waals surface area contributed by atoms with Gasteiger partial charge in [0, 0.05) is 50.1 Å². The van der Waals surface area contributed by atoms with Crippen LogP contribution in [-0.4, -0.2) is 58.7 Å². The van der Waals surface area contributed by atoms with E-state index >= 15 is 0 Å². The van der Waals surface area contributed by atoms with E-state index in [0.717, 1.165) is 49.5 Å². The number of aromatic hydroxyl groups is 1. The zero-order valence-corrected chi connectivity index (χ0v) is 21.2. The number of ether oxygens (including phenoxy) is 1. The maximum atomic E-state index is 12.0. The van der Waals surface area contributed by atoms with Gasteiger partial charge in [-0.05, 0) is 48.7 Å². The Labute approximate surface area is 216 Å². The van der Waals surface area contributed by atoms with Crippen molar-refractivity contribution in [3.63, 3.8) is 0 Å². The third kappa shape index (κ3) is 7.53. The molecule has 1 fully saturated rings. The summed E-state index contributed by atoms with van der Waals surface area (Å²) < 4.78 is 5.41. The first-order valence-electron chi connectivity index (χ1n) is 12.4. The Bertz CT molecular complexity index is 1330. The number of aromatic amines is 1. The molecular formula is C29H32N4O4. The van der Waals surface area contributed by atoms with E-state index in [1.165, 1.54) is 12.5 Å².